The van der Waals surface area contributed by atoms with Crippen LogP contribution in [0.3, 0.4) is 0 Å². The lowest BCUT2D eigenvalue weighted by molar-refractivity contribution is 0.101. The highest BCUT2D eigenvalue weighted by Gasteiger charge is 2.06. The Balaban J connectivity index is 2.64. The van der Waals surface area contributed by atoms with Crippen molar-refractivity contribution in [2.24, 2.45) is 0 Å². The fraction of sp³-hybridized carbons (Fsp3) is 0.222. The zero-order valence-corrected chi connectivity index (χ0v) is 7.79. The van der Waals surface area contributed by atoms with Crippen LogP contribution in [-0.4, -0.2) is 10.8 Å². The Hall–Kier alpha value is -1.09. The minimum absolute atomic E-state index is 0.0936. The number of H-pyrrole nitrogens is 1. The van der Waals surface area contributed by atoms with E-state index >= 15 is 0 Å². The van der Waals surface area contributed by atoms with Crippen molar-refractivity contribution in [3.05, 3.63) is 22.7 Å². The summed E-state index contributed by atoms with van der Waals surface area (Å²) in [6.45, 7) is 3.63. The first-order valence-corrected chi connectivity index (χ1v) is 4.58. The first-order valence-electron chi connectivity index (χ1n) is 3.77. The number of thiophene rings is 1. The molecular weight excluding hydrogens is 170 g/mol. The highest BCUT2D eigenvalue weighted by atomic mass is 32.1. The van der Waals surface area contributed by atoms with Crippen molar-refractivity contribution < 1.29 is 4.79 Å². The van der Waals surface area contributed by atoms with Gasteiger partial charge in [-0.2, -0.15) is 0 Å². The van der Waals surface area contributed by atoms with E-state index in [2.05, 4.69) is 18.0 Å². The second-order valence-electron chi connectivity index (χ2n) is 2.87. The smallest absolute Gasteiger partial charge is 0.175 e. The highest BCUT2D eigenvalue weighted by Crippen LogP contribution is 2.25. The largest absolute Gasteiger partial charge is 0.351 e. The Morgan fingerprint density at radius 1 is 1.50 bits per heavy atom. The van der Waals surface area contributed by atoms with E-state index in [1.165, 1.54) is 4.88 Å². The summed E-state index contributed by atoms with van der Waals surface area (Å²) >= 11 is 1.71. The predicted molar refractivity (Wildman–Crippen MR) is 50.9 cm³/mol. The molecule has 0 fully saturated rings. The van der Waals surface area contributed by atoms with Crippen LogP contribution in [0.1, 0.15) is 22.3 Å². The van der Waals surface area contributed by atoms with Gasteiger partial charge in [-0.25, -0.2) is 0 Å². The van der Waals surface area contributed by atoms with Gasteiger partial charge in [-0.15, -0.1) is 11.3 Å². The van der Waals surface area contributed by atoms with Crippen LogP contribution < -0.4 is 0 Å². The van der Waals surface area contributed by atoms with Crippen molar-refractivity contribution >= 4 is 27.3 Å². The number of aryl methyl sites for hydroxylation is 1. The summed E-state index contributed by atoms with van der Waals surface area (Å²) in [6, 6.07) is 3.97. The highest BCUT2D eigenvalue weighted by molar-refractivity contribution is 7.19. The topological polar surface area (TPSA) is 32.9 Å². The lowest BCUT2D eigenvalue weighted by atomic mass is 10.3. The van der Waals surface area contributed by atoms with Gasteiger partial charge in [-0.05, 0) is 19.1 Å². The number of fused-ring (bicyclic) bond motifs is 1. The Labute approximate surface area is 74.2 Å². The summed E-state index contributed by atoms with van der Waals surface area (Å²) in [7, 11) is 0. The monoisotopic (exact) mass is 179 g/mol. The molecule has 62 valence electrons. The molecule has 0 spiro atoms. The molecule has 0 atom stereocenters. The minimum atomic E-state index is 0.0936. The van der Waals surface area contributed by atoms with Crippen molar-refractivity contribution in [1.82, 2.24) is 4.98 Å². The van der Waals surface area contributed by atoms with Crippen molar-refractivity contribution in [3.8, 4) is 0 Å². The summed E-state index contributed by atoms with van der Waals surface area (Å²) < 4.78 is 1.16. The molecule has 0 bridgehead atoms. The maximum Gasteiger partial charge on any atom is 0.175 e. The molecule has 0 amide bonds. The van der Waals surface area contributed by atoms with E-state index < -0.39 is 0 Å². The zero-order chi connectivity index (χ0) is 8.72. The molecule has 0 aliphatic heterocycles. The first kappa shape index (κ1) is 7.55. The van der Waals surface area contributed by atoms with Crippen molar-refractivity contribution in [2.45, 2.75) is 13.8 Å². The van der Waals surface area contributed by atoms with E-state index in [1.807, 2.05) is 6.07 Å². The number of carbonyl (C=O) groups excluding carboxylic acids is 1. The summed E-state index contributed by atoms with van der Waals surface area (Å²) in [5, 5.41) is 0. The summed E-state index contributed by atoms with van der Waals surface area (Å²) in [5.41, 5.74) is 1.78. The van der Waals surface area contributed by atoms with Gasteiger partial charge < -0.3 is 4.98 Å². The van der Waals surface area contributed by atoms with Gasteiger partial charge in [0, 0.05) is 11.8 Å². The number of hydrogen-bond acceptors (Lipinski definition) is 2. The van der Waals surface area contributed by atoms with Gasteiger partial charge in [0.05, 0.1) is 15.9 Å². The molecular formula is C9H9NOS. The molecule has 0 saturated heterocycles. The van der Waals surface area contributed by atoms with E-state index in [9.17, 15) is 4.79 Å². The van der Waals surface area contributed by atoms with Gasteiger partial charge in [0.1, 0.15) is 0 Å². The van der Waals surface area contributed by atoms with Crippen LogP contribution in [0.15, 0.2) is 12.1 Å². The molecule has 0 aliphatic rings. The van der Waals surface area contributed by atoms with Crippen LogP contribution >= 0.6 is 11.3 Å². The molecule has 2 aromatic rings. The molecule has 0 radical (unpaired) electrons. The van der Waals surface area contributed by atoms with Crippen LogP contribution in [0.2, 0.25) is 0 Å². The molecule has 0 aromatic carbocycles. The van der Waals surface area contributed by atoms with E-state index in [-0.39, 0.29) is 5.78 Å². The Kier molecular flexibility index (Phi) is 1.54. The number of hydrogen-bond donors (Lipinski definition) is 1. The van der Waals surface area contributed by atoms with Gasteiger partial charge in [0.25, 0.3) is 0 Å². The molecule has 2 heterocycles. The minimum Gasteiger partial charge on any atom is -0.351 e. The fourth-order valence-electron chi connectivity index (χ4n) is 1.24. The molecule has 0 saturated carbocycles. The molecule has 12 heavy (non-hydrogen) atoms. The number of ketones is 1. The molecule has 0 unspecified atom stereocenters. The SMILES string of the molecule is CC(=O)c1cc2sc(C)cc2[nH]1. The quantitative estimate of drug-likeness (QED) is 0.671. The van der Waals surface area contributed by atoms with Gasteiger partial charge in [0.15, 0.2) is 5.78 Å². The number of nitrogens with one attached hydrogen (secondary N) is 1. The summed E-state index contributed by atoms with van der Waals surface area (Å²) in [4.78, 5) is 15.3. The number of carbonyl (C=O) groups is 1. The maximum atomic E-state index is 11.0. The fourth-order valence-corrected chi connectivity index (χ4v) is 2.16. The third-order valence-corrected chi connectivity index (χ3v) is 2.81. The summed E-state index contributed by atoms with van der Waals surface area (Å²) in [5.74, 6) is 0.0936. The average molecular weight is 179 g/mol. The van der Waals surface area contributed by atoms with Crippen LogP contribution in [0.25, 0.3) is 10.2 Å². The number of aromatic nitrogens is 1. The van der Waals surface area contributed by atoms with E-state index in [1.54, 1.807) is 18.3 Å². The van der Waals surface area contributed by atoms with Crippen molar-refractivity contribution in [3.63, 3.8) is 0 Å². The Bertz CT molecular complexity index is 407. The second-order valence-corrected chi connectivity index (χ2v) is 4.16. The van der Waals surface area contributed by atoms with Crippen LogP contribution in [0, 0.1) is 6.92 Å². The predicted octanol–water partition coefficient (Wildman–Crippen LogP) is 2.74. The second kappa shape index (κ2) is 2.45. The number of aromatic amines is 1. The molecule has 2 rings (SSSR count). The molecule has 2 aromatic heterocycles. The lowest BCUT2D eigenvalue weighted by Crippen LogP contribution is -1.89. The lowest BCUT2D eigenvalue weighted by Gasteiger charge is -1.84. The average Bonchev–Trinajstić information content (AvgIpc) is 2.42. The first-order chi connectivity index (χ1) is 5.66. The van der Waals surface area contributed by atoms with Gasteiger partial charge in [-0.1, -0.05) is 0 Å². The Morgan fingerprint density at radius 3 is 2.83 bits per heavy atom. The van der Waals surface area contributed by atoms with Crippen molar-refractivity contribution in [2.75, 3.05) is 0 Å². The summed E-state index contributed by atoms with van der Waals surface area (Å²) in [6.07, 6.45) is 0. The molecule has 3 heteroatoms. The van der Waals surface area contributed by atoms with Crippen LogP contribution in [-0.2, 0) is 0 Å². The molecule has 2 nitrogen and oxygen atoms in total. The number of Topliss-reactive ketones (excluding diaryl/α,β-unsaturated/α-hetero) is 1. The number of rotatable bonds is 1. The van der Waals surface area contributed by atoms with E-state index in [0.29, 0.717) is 5.69 Å². The van der Waals surface area contributed by atoms with Gasteiger partial charge in [-0.3, -0.25) is 4.79 Å². The standard InChI is InChI=1S/C9H9NOS/c1-5-3-8-9(12-5)4-7(10-8)6(2)11/h3-4,10H,1-2H3. The van der Waals surface area contributed by atoms with Crippen LogP contribution in [0.5, 0.6) is 0 Å². The van der Waals surface area contributed by atoms with E-state index in [4.69, 9.17) is 0 Å². The third-order valence-electron chi connectivity index (χ3n) is 1.81. The third kappa shape index (κ3) is 1.06. The zero-order valence-electron chi connectivity index (χ0n) is 6.97. The molecule has 1 N–H and O–H groups in total. The van der Waals surface area contributed by atoms with Gasteiger partial charge in [0.2, 0.25) is 0 Å². The normalized spacial score (nSPS) is 10.8. The molecule has 0 aliphatic carbocycles. The van der Waals surface area contributed by atoms with Gasteiger partial charge >= 0.3 is 0 Å². The van der Waals surface area contributed by atoms with Crippen LogP contribution in [0.4, 0.5) is 0 Å². The van der Waals surface area contributed by atoms with E-state index in [0.717, 1.165) is 10.2 Å². The Morgan fingerprint density at radius 2 is 2.25 bits per heavy atom. The maximum absolute atomic E-state index is 11.0. The van der Waals surface area contributed by atoms with Crippen molar-refractivity contribution in [1.29, 1.82) is 0 Å².